The predicted molar refractivity (Wildman–Crippen MR) is 70.9 cm³/mol. The Morgan fingerprint density at radius 3 is 2.59 bits per heavy atom. The number of hydrogen-bond donors (Lipinski definition) is 1. The van der Waals surface area contributed by atoms with E-state index in [1.54, 1.807) is 6.20 Å². The second kappa shape index (κ2) is 4.86. The summed E-state index contributed by atoms with van der Waals surface area (Å²) in [7, 11) is 0. The Bertz CT molecular complexity index is 499. The van der Waals surface area contributed by atoms with Crippen LogP contribution in [-0.2, 0) is 5.54 Å². The molecule has 0 saturated carbocycles. The van der Waals surface area contributed by atoms with E-state index in [-0.39, 0.29) is 0 Å². The highest BCUT2D eigenvalue weighted by Crippen LogP contribution is 2.30. The van der Waals surface area contributed by atoms with Crippen molar-refractivity contribution in [2.24, 2.45) is 5.73 Å². The number of pyridine rings is 1. The maximum absolute atomic E-state index is 6.51. The molecule has 1 atom stereocenters. The van der Waals surface area contributed by atoms with E-state index in [1.807, 2.05) is 42.6 Å². The van der Waals surface area contributed by atoms with Gasteiger partial charge in [0.15, 0.2) is 0 Å². The van der Waals surface area contributed by atoms with E-state index >= 15 is 0 Å². The van der Waals surface area contributed by atoms with E-state index in [9.17, 15) is 0 Å². The van der Waals surface area contributed by atoms with E-state index in [4.69, 9.17) is 17.3 Å². The third-order valence-corrected chi connectivity index (χ3v) is 3.31. The van der Waals surface area contributed by atoms with Crippen LogP contribution in [-0.4, -0.2) is 4.98 Å². The number of nitrogens with zero attached hydrogens (tertiary/aromatic N) is 1. The van der Waals surface area contributed by atoms with Gasteiger partial charge >= 0.3 is 0 Å². The quantitative estimate of drug-likeness (QED) is 0.902. The van der Waals surface area contributed by atoms with Crippen LogP contribution in [0.1, 0.15) is 24.5 Å². The summed E-state index contributed by atoms with van der Waals surface area (Å²) in [5.74, 6) is 0. The number of benzene rings is 1. The Hall–Kier alpha value is -1.38. The molecule has 3 heteroatoms. The van der Waals surface area contributed by atoms with Crippen LogP contribution in [0.2, 0.25) is 5.02 Å². The summed E-state index contributed by atoms with van der Waals surface area (Å²) in [4.78, 5) is 4.13. The third-order valence-electron chi connectivity index (χ3n) is 3.07. The van der Waals surface area contributed by atoms with Crippen LogP contribution in [0.5, 0.6) is 0 Å². The zero-order valence-corrected chi connectivity index (χ0v) is 10.5. The zero-order chi connectivity index (χ0) is 12.3. The standard InChI is InChI=1S/C14H15ClN2/c1-2-14(16,12-6-4-8-17-10-12)11-5-3-7-13(15)9-11/h3-10H,2,16H2,1H3. The van der Waals surface area contributed by atoms with Gasteiger partial charge in [-0.3, -0.25) is 4.98 Å². The fourth-order valence-electron chi connectivity index (χ4n) is 1.97. The molecule has 2 aromatic rings. The summed E-state index contributed by atoms with van der Waals surface area (Å²) >= 11 is 6.02. The van der Waals surface area contributed by atoms with Crippen molar-refractivity contribution in [2.75, 3.05) is 0 Å². The molecule has 0 bridgehead atoms. The van der Waals surface area contributed by atoms with Gasteiger partial charge in [-0.05, 0) is 35.7 Å². The molecule has 2 rings (SSSR count). The first-order valence-corrected chi connectivity index (χ1v) is 6.00. The largest absolute Gasteiger partial charge is 0.318 e. The van der Waals surface area contributed by atoms with Crippen LogP contribution in [0.3, 0.4) is 0 Å². The van der Waals surface area contributed by atoms with Crippen LogP contribution in [0, 0.1) is 0 Å². The van der Waals surface area contributed by atoms with Crippen molar-refractivity contribution in [3.8, 4) is 0 Å². The molecule has 1 unspecified atom stereocenters. The molecule has 0 aliphatic carbocycles. The molecule has 17 heavy (non-hydrogen) atoms. The van der Waals surface area contributed by atoms with E-state index < -0.39 is 5.54 Å². The van der Waals surface area contributed by atoms with Crippen molar-refractivity contribution >= 4 is 11.6 Å². The molecular formula is C14H15ClN2. The minimum atomic E-state index is -0.529. The molecule has 1 aromatic carbocycles. The topological polar surface area (TPSA) is 38.9 Å². The van der Waals surface area contributed by atoms with Crippen LogP contribution >= 0.6 is 11.6 Å². The average Bonchev–Trinajstić information content (AvgIpc) is 2.39. The molecule has 1 aromatic heterocycles. The van der Waals surface area contributed by atoms with Gasteiger partial charge in [-0.25, -0.2) is 0 Å². The zero-order valence-electron chi connectivity index (χ0n) is 9.73. The normalized spacial score (nSPS) is 14.3. The van der Waals surface area contributed by atoms with Gasteiger partial charge < -0.3 is 5.73 Å². The third kappa shape index (κ3) is 2.33. The minimum Gasteiger partial charge on any atom is -0.318 e. The lowest BCUT2D eigenvalue weighted by Crippen LogP contribution is -2.37. The minimum absolute atomic E-state index is 0.529. The Labute approximate surface area is 106 Å². The van der Waals surface area contributed by atoms with Crippen molar-refractivity contribution in [1.29, 1.82) is 0 Å². The van der Waals surface area contributed by atoms with Crippen LogP contribution in [0.15, 0.2) is 48.8 Å². The van der Waals surface area contributed by atoms with Crippen molar-refractivity contribution in [3.05, 3.63) is 64.9 Å². The predicted octanol–water partition coefficient (Wildman–Crippen LogP) is 3.35. The fraction of sp³-hybridized carbons (Fsp3) is 0.214. The highest BCUT2D eigenvalue weighted by molar-refractivity contribution is 6.30. The molecule has 2 nitrogen and oxygen atoms in total. The molecule has 88 valence electrons. The molecule has 0 saturated heterocycles. The second-order valence-electron chi connectivity index (χ2n) is 4.08. The summed E-state index contributed by atoms with van der Waals surface area (Å²) in [6, 6.07) is 11.6. The van der Waals surface area contributed by atoms with Gasteiger partial charge in [0.1, 0.15) is 0 Å². The van der Waals surface area contributed by atoms with Crippen LogP contribution < -0.4 is 5.73 Å². The second-order valence-corrected chi connectivity index (χ2v) is 4.51. The van der Waals surface area contributed by atoms with Gasteiger partial charge in [0.05, 0.1) is 5.54 Å². The summed E-state index contributed by atoms with van der Waals surface area (Å²) in [6.07, 6.45) is 4.35. The molecule has 0 aliphatic heterocycles. The number of aromatic nitrogens is 1. The lowest BCUT2D eigenvalue weighted by Gasteiger charge is -2.29. The van der Waals surface area contributed by atoms with E-state index in [1.165, 1.54) is 0 Å². The molecular weight excluding hydrogens is 232 g/mol. The molecule has 2 N–H and O–H groups in total. The molecule has 0 aliphatic rings. The number of hydrogen-bond acceptors (Lipinski definition) is 2. The first-order valence-electron chi connectivity index (χ1n) is 5.62. The smallest absolute Gasteiger partial charge is 0.0678 e. The van der Waals surface area contributed by atoms with E-state index in [2.05, 4.69) is 11.9 Å². The van der Waals surface area contributed by atoms with Gasteiger partial charge in [-0.1, -0.05) is 36.7 Å². The highest BCUT2D eigenvalue weighted by atomic mass is 35.5. The maximum Gasteiger partial charge on any atom is 0.0678 e. The molecule has 0 spiro atoms. The van der Waals surface area contributed by atoms with E-state index in [0.717, 1.165) is 17.5 Å². The summed E-state index contributed by atoms with van der Waals surface area (Å²) in [5.41, 5.74) is 8.00. The molecule has 0 fully saturated rings. The first kappa shape index (κ1) is 12.1. The van der Waals surface area contributed by atoms with Gasteiger partial charge in [-0.15, -0.1) is 0 Å². The van der Waals surface area contributed by atoms with Gasteiger partial charge in [0.25, 0.3) is 0 Å². The lowest BCUT2D eigenvalue weighted by molar-refractivity contribution is 0.517. The average molecular weight is 247 g/mol. The fourth-order valence-corrected chi connectivity index (χ4v) is 2.16. The summed E-state index contributed by atoms with van der Waals surface area (Å²) in [5, 5.41) is 0.703. The Balaban J connectivity index is 2.52. The van der Waals surface area contributed by atoms with Crippen molar-refractivity contribution < 1.29 is 0 Å². The SMILES string of the molecule is CCC(N)(c1cccnc1)c1cccc(Cl)c1. The number of nitrogens with two attached hydrogens (primary N) is 1. The number of rotatable bonds is 3. The molecule has 0 amide bonds. The molecule has 0 radical (unpaired) electrons. The first-order chi connectivity index (χ1) is 8.16. The Morgan fingerprint density at radius 2 is 2.00 bits per heavy atom. The summed E-state index contributed by atoms with van der Waals surface area (Å²) in [6.45, 7) is 2.06. The maximum atomic E-state index is 6.51. The van der Waals surface area contributed by atoms with Gasteiger partial charge in [0.2, 0.25) is 0 Å². The Morgan fingerprint density at radius 1 is 1.24 bits per heavy atom. The Kier molecular flexibility index (Phi) is 3.46. The highest BCUT2D eigenvalue weighted by Gasteiger charge is 2.27. The van der Waals surface area contributed by atoms with Gasteiger partial charge in [-0.2, -0.15) is 0 Å². The van der Waals surface area contributed by atoms with Gasteiger partial charge in [0, 0.05) is 17.4 Å². The van der Waals surface area contributed by atoms with Crippen LogP contribution in [0.4, 0.5) is 0 Å². The lowest BCUT2D eigenvalue weighted by atomic mass is 9.82. The van der Waals surface area contributed by atoms with Crippen molar-refractivity contribution in [2.45, 2.75) is 18.9 Å². The summed E-state index contributed by atoms with van der Waals surface area (Å²) < 4.78 is 0. The monoisotopic (exact) mass is 246 g/mol. The van der Waals surface area contributed by atoms with Crippen molar-refractivity contribution in [1.82, 2.24) is 4.98 Å². The molecule has 1 heterocycles. The van der Waals surface area contributed by atoms with Crippen LogP contribution in [0.25, 0.3) is 0 Å². The van der Waals surface area contributed by atoms with Crippen molar-refractivity contribution in [3.63, 3.8) is 0 Å². The van der Waals surface area contributed by atoms with E-state index in [0.29, 0.717) is 5.02 Å². The number of halogens is 1.